The van der Waals surface area contributed by atoms with Gasteiger partial charge in [0.15, 0.2) is 0 Å². The number of carbonyl (C=O) groups is 3. The Bertz CT molecular complexity index is 1730. The molecule has 0 spiro atoms. The zero-order valence-corrected chi connectivity index (χ0v) is 25.8. The number of methoxy groups -OCH3 is 1. The second-order valence-corrected chi connectivity index (χ2v) is 11.3. The van der Waals surface area contributed by atoms with Gasteiger partial charge in [-0.25, -0.2) is 9.78 Å². The summed E-state index contributed by atoms with van der Waals surface area (Å²) in [6.07, 6.45) is 0.632. The van der Waals surface area contributed by atoms with Crippen LogP contribution in [-0.4, -0.2) is 55.7 Å². The predicted molar refractivity (Wildman–Crippen MR) is 161 cm³/mol. The van der Waals surface area contributed by atoms with E-state index in [1.165, 1.54) is 6.20 Å². The molecule has 0 unspecified atom stereocenters. The van der Waals surface area contributed by atoms with Crippen LogP contribution in [0.5, 0.6) is 0 Å². The number of halogens is 1. The molecule has 0 aliphatic rings. The highest BCUT2D eigenvalue weighted by atomic mass is 35.5. The minimum absolute atomic E-state index is 0.142. The number of aromatic nitrogens is 5. The van der Waals surface area contributed by atoms with E-state index in [2.05, 4.69) is 35.5 Å². The number of hydrogen-bond acceptors (Lipinski definition) is 10. The molecule has 4 rings (SSSR count). The molecule has 0 fully saturated rings. The van der Waals surface area contributed by atoms with Crippen LogP contribution < -0.4 is 16.2 Å². The first-order valence-electron chi connectivity index (χ1n) is 13.6. The number of aryl methyl sites for hydroxylation is 1. The first-order chi connectivity index (χ1) is 20.8. The molecule has 0 saturated heterocycles. The molecule has 2 amide bonds. The number of Topliss-reactive ketones (excluding diaryl/α,β-unsaturated/α-hetero) is 1. The van der Waals surface area contributed by atoms with Crippen molar-refractivity contribution in [2.45, 2.75) is 52.6 Å². The number of pyridine rings is 1. The second kappa shape index (κ2) is 13.2. The number of amides is 2. The Morgan fingerprint density at radius 1 is 1.09 bits per heavy atom. The summed E-state index contributed by atoms with van der Waals surface area (Å²) in [6, 6.07) is 11.1. The lowest BCUT2D eigenvalue weighted by molar-refractivity contribution is -0.122. The van der Waals surface area contributed by atoms with Gasteiger partial charge in [0.05, 0.1) is 35.0 Å². The minimum Gasteiger partial charge on any atom is -0.453 e. The molecule has 1 atom stereocenters. The van der Waals surface area contributed by atoms with Crippen molar-refractivity contribution in [2.24, 2.45) is 5.92 Å². The zero-order valence-electron chi connectivity index (χ0n) is 25.0. The topological polar surface area (TPSA) is 171 Å². The van der Waals surface area contributed by atoms with Gasteiger partial charge in [-0.2, -0.15) is 0 Å². The lowest BCUT2D eigenvalue weighted by Gasteiger charge is -2.21. The fourth-order valence-electron chi connectivity index (χ4n) is 4.37. The molecule has 0 radical (unpaired) electrons. The molecular weight excluding hydrogens is 590 g/mol. The van der Waals surface area contributed by atoms with Crippen molar-refractivity contribution < 1.29 is 23.5 Å². The molecule has 3 aromatic heterocycles. The van der Waals surface area contributed by atoms with Crippen LogP contribution in [0.4, 0.5) is 10.5 Å². The molecule has 0 aliphatic heterocycles. The van der Waals surface area contributed by atoms with E-state index in [1.807, 2.05) is 13.8 Å². The zero-order chi connectivity index (χ0) is 32.2. The maximum Gasteiger partial charge on any atom is 0.411 e. The Hall–Kier alpha value is -4.91. The summed E-state index contributed by atoms with van der Waals surface area (Å²) in [5.41, 5.74) is -0.254. The van der Waals surface area contributed by atoms with Crippen LogP contribution >= 0.6 is 11.6 Å². The molecule has 44 heavy (non-hydrogen) atoms. The number of hydrogen-bond donors (Lipinski definition) is 2. The van der Waals surface area contributed by atoms with Crippen LogP contribution in [-0.2, 0) is 21.5 Å². The van der Waals surface area contributed by atoms with E-state index in [4.69, 9.17) is 16.0 Å². The first kappa shape index (κ1) is 32.0. The lowest BCUT2D eigenvalue weighted by Crippen LogP contribution is -2.47. The van der Waals surface area contributed by atoms with E-state index in [-0.39, 0.29) is 34.9 Å². The van der Waals surface area contributed by atoms with Gasteiger partial charge in [0.25, 0.3) is 11.4 Å². The number of rotatable bonds is 10. The average molecular weight is 622 g/mol. The molecule has 13 nitrogen and oxygen atoms in total. The van der Waals surface area contributed by atoms with Gasteiger partial charge in [0.1, 0.15) is 18.1 Å². The van der Waals surface area contributed by atoms with Gasteiger partial charge in [0, 0.05) is 11.8 Å². The fraction of sp³-hybridized carbons (Fsp3) is 0.333. The van der Waals surface area contributed by atoms with Crippen molar-refractivity contribution in [1.82, 2.24) is 30.0 Å². The van der Waals surface area contributed by atoms with E-state index in [1.54, 1.807) is 63.2 Å². The third-order valence-corrected chi connectivity index (χ3v) is 7.12. The fourth-order valence-corrected chi connectivity index (χ4v) is 4.49. The van der Waals surface area contributed by atoms with E-state index >= 15 is 0 Å². The Morgan fingerprint density at radius 3 is 2.41 bits per heavy atom. The summed E-state index contributed by atoms with van der Waals surface area (Å²) in [5.74, 6) is -1.57. The van der Waals surface area contributed by atoms with Gasteiger partial charge in [-0.05, 0) is 38.8 Å². The maximum atomic E-state index is 13.5. The Morgan fingerprint density at radius 2 is 1.80 bits per heavy atom. The third-order valence-electron chi connectivity index (χ3n) is 6.90. The molecule has 4 aromatic rings. The first-order valence-corrected chi connectivity index (χ1v) is 14.0. The number of nitrogens with one attached hydrogen (secondary N) is 2. The summed E-state index contributed by atoms with van der Waals surface area (Å²) < 4.78 is 11.5. The summed E-state index contributed by atoms with van der Waals surface area (Å²) in [4.78, 5) is 61.2. The lowest BCUT2D eigenvalue weighted by atomic mass is 9.89. The van der Waals surface area contributed by atoms with Gasteiger partial charge in [0.2, 0.25) is 17.6 Å². The highest BCUT2D eigenvalue weighted by Gasteiger charge is 2.35. The monoisotopic (exact) mass is 621 g/mol. The van der Waals surface area contributed by atoms with Gasteiger partial charge < -0.3 is 14.5 Å². The number of ketones is 1. The van der Waals surface area contributed by atoms with Gasteiger partial charge in [-0.1, -0.05) is 55.8 Å². The largest absolute Gasteiger partial charge is 0.453 e. The predicted octanol–water partition coefficient (Wildman–Crippen LogP) is 4.18. The van der Waals surface area contributed by atoms with Crippen LogP contribution in [0, 0.1) is 12.8 Å². The van der Waals surface area contributed by atoms with Crippen LogP contribution in [0.15, 0.2) is 57.9 Å². The number of carbonyl (C=O) groups excluding carboxylic acids is 3. The van der Waals surface area contributed by atoms with Crippen LogP contribution in [0.25, 0.3) is 11.4 Å². The Labute approximate surface area is 258 Å². The summed E-state index contributed by atoms with van der Waals surface area (Å²) in [7, 11) is 1.16. The summed E-state index contributed by atoms with van der Waals surface area (Å²) in [5, 5.41) is 13.6. The number of anilines is 1. The van der Waals surface area contributed by atoms with Crippen LogP contribution in [0.3, 0.4) is 0 Å². The van der Waals surface area contributed by atoms with E-state index < -0.39 is 41.3 Å². The minimum atomic E-state index is -1.06. The van der Waals surface area contributed by atoms with Crippen molar-refractivity contribution in [1.29, 1.82) is 0 Å². The van der Waals surface area contributed by atoms with E-state index in [0.29, 0.717) is 16.3 Å². The van der Waals surface area contributed by atoms with Crippen molar-refractivity contribution in [2.75, 3.05) is 12.4 Å². The highest BCUT2D eigenvalue weighted by Crippen LogP contribution is 2.30. The second-order valence-electron chi connectivity index (χ2n) is 10.8. The van der Waals surface area contributed by atoms with E-state index in [0.717, 1.165) is 11.7 Å². The third kappa shape index (κ3) is 6.83. The molecule has 2 N–H and O–H groups in total. The molecule has 14 heteroatoms. The molecule has 0 saturated carbocycles. The standard InChI is InChI=1S/C30H32ClN7O6/c1-16(2)22(24(40)26-36-37-28(44-26)30(4,5)20-13-12-19(31)14-32-20)34-21(39)15-38-25(18-10-8-7-9-11-18)33-17(3)23(27(38)41)35-29(42)43-6/h7-14,16,22H,15H2,1-6H3,(H,34,39)(H,35,42)/t22-/m1/s1. The van der Waals surface area contributed by atoms with Gasteiger partial charge in [-0.3, -0.25) is 29.3 Å². The Balaban J connectivity index is 1.62. The molecule has 0 aliphatic carbocycles. The highest BCUT2D eigenvalue weighted by molar-refractivity contribution is 6.30. The van der Waals surface area contributed by atoms with Crippen molar-refractivity contribution in [3.63, 3.8) is 0 Å². The normalized spacial score (nSPS) is 12.1. The molecule has 3 heterocycles. The smallest absolute Gasteiger partial charge is 0.411 e. The van der Waals surface area contributed by atoms with Gasteiger partial charge >= 0.3 is 6.09 Å². The number of benzene rings is 1. The van der Waals surface area contributed by atoms with E-state index in [9.17, 15) is 19.2 Å². The molecular formula is C30H32ClN7O6. The summed E-state index contributed by atoms with van der Waals surface area (Å²) >= 11 is 5.96. The molecule has 1 aromatic carbocycles. The van der Waals surface area contributed by atoms with Crippen molar-refractivity contribution in [3.8, 4) is 11.4 Å². The number of ether oxygens (including phenoxy) is 1. The maximum absolute atomic E-state index is 13.5. The van der Waals surface area contributed by atoms with Crippen LogP contribution in [0.1, 0.15) is 55.7 Å². The van der Waals surface area contributed by atoms with Crippen molar-refractivity contribution in [3.05, 3.63) is 87.2 Å². The SMILES string of the molecule is COC(=O)Nc1c(C)nc(-c2ccccc2)n(CC(=O)N[C@@H](C(=O)c2nnc(C(C)(C)c3ccc(Cl)cn3)o2)C(C)C)c1=O. The quantitative estimate of drug-likeness (QED) is 0.245. The number of nitrogens with zero attached hydrogens (tertiary/aromatic N) is 5. The average Bonchev–Trinajstić information content (AvgIpc) is 3.51. The van der Waals surface area contributed by atoms with Crippen LogP contribution in [0.2, 0.25) is 5.02 Å². The molecule has 230 valence electrons. The van der Waals surface area contributed by atoms with Crippen molar-refractivity contribution >= 4 is 35.1 Å². The Kier molecular flexibility index (Phi) is 9.58. The molecule has 0 bridgehead atoms. The van der Waals surface area contributed by atoms with Gasteiger partial charge in [-0.15, -0.1) is 10.2 Å². The summed E-state index contributed by atoms with van der Waals surface area (Å²) in [6.45, 7) is 8.17.